The van der Waals surface area contributed by atoms with Crippen LogP contribution in [0.5, 0.6) is 0 Å². The molecule has 0 fully saturated rings. The molecule has 5 nitrogen and oxygen atoms in total. The Morgan fingerprint density at radius 2 is 0.911 bits per heavy atom. The largest absolute Gasteiger partial charge is 0.355 e. The van der Waals surface area contributed by atoms with Crippen molar-refractivity contribution in [3.05, 3.63) is 164 Å². The number of aromatic amines is 2. The molecule has 0 atom stereocenters. The Kier molecular flexibility index (Phi) is 6.61. The fourth-order valence-corrected chi connectivity index (χ4v) is 6.04. The van der Waals surface area contributed by atoms with Crippen molar-refractivity contribution in [2.24, 2.45) is 4.99 Å². The van der Waals surface area contributed by atoms with Crippen molar-refractivity contribution in [1.29, 1.82) is 0 Å². The summed E-state index contributed by atoms with van der Waals surface area (Å²) in [6, 6.07) is 37.3. The van der Waals surface area contributed by atoms with E-state index in [1.165, 1.54) is 10.8 Å². The standard InChI is InChI=1S/C40H29N5/c1-2-36-32-17-5-6-18-33(32)38(44-36)22-28-14-10-15-30(43-28)24-40-35-20-8-7-19-34(35)39(45-40)23-29-13-9-12-27(42-29)21-37-31-16-4-3-11-26(31)25-41-37/h2-25,44-45H,1H3/b36-2-,37-21-,38-22-,39-23-,40-24-. The molecule has 4 aromatic heterocycles. The van der Waals surface area contributed by atoms with Gasteiger partial charge < -0.3 is 9.97 Å². The van der Waals surface area contributed by atoms with Gasteiger partial charge in [0.05, 0.1) is 28.5 Å². The molecule has 0 bridgehead atoms. The lowest BCUT2D eigenvalue weighted by atomic mass is 10.1. The van der Waals surface area contributed by atoms with Gasteiger partial charge in [0.2, 0.25) is 0 Å². The molecule has 0 amide bonds. The topological polar surface area (TPSA) is 69.7 Å². The summed E-state index contributed by atoms with van der Waals surface area (Å²) < 4.78 is 0. The molecule has 5 heterocycles. The predicted molar refractivity (Wildman–Crippen MR) is 186 cm³/mol. The monoisotopic (exact) mass is 579 g/mol. The van der Waals surface area contributed by atoms with Gasteiger partial charge in [-0.3, -0.25) is 4.99 Å². The number of H-pyrrole nitrogens is 2. The number of rotatable bonds is 4. The van der Waals surface area contributed by atoms with Crippen LogP contribution < -0.4 is 21.4 Å². The highest BCUT2D eigenvalue weighted by Gasteiger charge is 2.11. The van der Waals surface area contributed by atoms with Gasteiger partial charge in [-0.15, -0.1) is 0 Å². The van der Waals surface area contributed by atoms with Crippen LogP contribution in [0.1, 0.15) is 40.8 Å². The minimum atomic E-state index is 0.867. The molecule has 0 radical (unpaired) electrons. The van der Waals surface area contributed by atoms with Gasteiger partial charge in [0.15, 0.2) is 0 Å². The minimum Gasteiger partial charge on any atom is -0.355 e. The zero-order chi connectivity index (χ0) is 30.2. The number of nitrogens with one attached hydrogen (secondary N) is 2. The quantitative estimate of drug-likeness (QED) is 0.283. The van der Waals surface area contributed by atoms with Crippen LogP contribution in [-0.2, 0) is 0 Å². The van der Waals surface area contributed by atoms with Gasteiger partial charge in [-0.05, 0) is 55.5 Å². The van der Waals surface area contributed by atoms with Crippen molar-refractivity contribution in [3.8, 4) is 0 Å². The molecule has 5 heteroatoms. The number of fused-ring (bicyclic) bond motifs is 3. The van der Waals surface area contributed by atoms with Gasteiger partial charge in [-0.1, -0.05) is 91.0 Å². The summed E-state index contributed by atoms with van der Waals surface area (Å²) in [6.07, 6.45) is 12.4. The fraction of sp³-hybridized carbons (Fsp3) is 0.0250. The first kappa shape index (κ1) is 26.5. The third kappa shape index (κ3) is 5.11. The second-order valence-electron chi connectivity index (χ2n) is 11.1. The first-order valence-corrected chi connectivity index (χ1v) is 15.1. The van der Waals surface area contributed by atoms with E-state index in [-0.39, 0.29) is 0 Å². The number of pyridine rings is 2. The number of nitrogens with zero attached hydrogens (tertiary/aromatic N) is 3. The minimum absolute atomic E-state index is 0.867. The Balaban J connectivity index is 1.19. The van der Waals surface area contributed by atoms with Crippen molar-refractivity contribution in [2.75, 3.05) is 0 Å². The number of hydrogen-bond acceptors (Lipinski definition) is 3. The second-order valence-corrected chi connectivity index (χ2v) is 11.1. The number of aliphatic imine (C=N–C) groups is 1. The normalized spacial score (nSPS) is 15.3. The Morgan fingerprint density at radius 3 is 1.44 bits per heavy atom. The van der Waals surface area contributed by atoms with Crippen LogP contribution in [0.2, 0.25) is 0 Å². The molecule has 214 valence electrons. The first-order chi connectivity index (χ1) is 22.2. The molecular formula is C40H29N5. The summed E-state index contributed by atoms with van der Waals surface area (Å²) in [5.74, 6) is 0. The predicted octanol–water partition coefficient (Wildman–Crippen LogP) is 5.66. The van der Waals surface area contributed by atoms with E-state index in [4.69, 9.17) is 9.97 Å². The summed E-state index contributed by atoms with van der Waals surface area (Å²) in [5.41, 5.74) is 6.70. The molecule has 0 saturated heterocycles. The van der Waals surface area contributed by atoms with Crippen LogP contribution in [0.15, 0.2) is 114 Å². The second kappa shape index (κ2) is 11.2. The molecule has 0 unspecified atom stereocenters. The molecule has 8 rings (SSSR count). The summed E-state index contributed by atoms with van der Waals surface area (Å²) >= 11 is 0. The van der Waals surface area contributed by atoms with E-state index in [2.05, 4.69) is 113 Å². The van der Waals surface area contributed by atoms with Crippen LogP contribution >= 0.6 is 0 Å². The van der Waals surface area contributed by atoms with Crippen molar-refractivity contribution in [2.45, 2.75) is 6.92 Å². The molecule has 3 aromatic carbocycles. The van der Waals surface area contributed by atoms with Crippen molar-refractivity contribution in [3.63, 3.8) is 0 Å². The van der Waals surface area contributed by atoms with Gasteiger partial charge in [-0.2, -0.15) is 0 Å². The fourth-order valence-electron chi connectivity index (χ4n) is 6.04. The van der Waals surface area contributed by atoms with Crippen LogP contribution in [-0.4, -0.2) is 26.2 Å². The maximum atomic E-state index is 4.98. The lowest BCUT2D eigenvalue weighted by Gasteiger charge is -2.00. The molecule has 2 N–H and O–H groups in total. The van der Waals surface area contributed by atoms with E-state index in [0.29, 0.717) is 0 Å². The first-order valence-electron chi connectivity index (χ1n) is 15.1. The summed E-state index contributed by atoms with van der Waals surface area (Å²) in [7, 11) is 0. The summed E-state index contributed by atoms with van der Waals surface area (Å²) in [6.45, 7) is 2.05. The molecule has 7 aromatic rings. The van der Waals surface area contributed by atoms with E-state index in [9.17, 15) is 0 Å². The van der Waals surface area contributed by atoms with E-state index in [1.807, 2.05) is 54.8 Å². The van der Waals surface area contributed by atoms with E-state index in [1.54, 1.807) is 0 Å². The molecule has 0 saturated carbocycles. The Labute approximate surface area is 259 Å². The number of hydrogen-bond donors (Lipinski definition) is 2. The Bertz CT molecular complexity index is 2560. The SMILES string of the molecule is C/C=c1\[nH]/c(=C\c2cccc(/C=c3\[nH]/c(=C\c4cccc(/C=C5\N=Cc6ccccc65)n4)c4ccccc34)n2)c2ccccc12. The van der Waals surface area contributed by atoms with Crippen LogP contribution in [0.25, 0.3) is 57.6 Å². The molecular weight excluding hydrogens is 550 g/mol. The maximum absolute atomic E-state index is 4.98. The van der Waals surface area contributed by atoms with Crippen molar-refractivity contribution in [1.82, 2.24) is 19.9 Å². The lowest BCUT2D eigenvalue weighted by Crippen LogP contribution is -2.11. The van der Waals surface area contributed by atoms with E-state index >= 15 is 0 Å². The summed E-state index contributed by atoms with van der Waals surface area (Å²) in [5, 5.41) is 8.85. The third-order valence-corrected chi connectivity index (χ3v) is 8.17. The molecule has 0 spiro atoms. The molecule has 1 aliphatic rings. The maximum Gasteiger partial charge on any atom is 0.0730 e. The van der Waals surface area contributed by atoms with Crippen LogP contribution in [0.4, 0.5) is 0 Å². The van der Waals surface area contributed by atoms with Crippen LogP contribution in [0, 0.1) is 0 Å². The van der Waals surface area contributed by atoms with Gasteiger partial charge in [0, 0.05) is 60.3 Å². The average molecular weight is 580 g/mol. The van der Waals surface area contributed by atoms with Gasteiger partial charge in [-0.25, -0.2) is 9.97 Å². The summed E-state index contributed by atoms with van der Waals surface area (Å²) in [4.78, 5) is 21.7. The zero-order valence-electron chi connectivity index (χ0n) is 24.7. The van der Waals surface area contributed by atoms with Gasteiger partial charge in [0.25, 0.3) is 0 Å². The highest BCUT2D eigenvalue weighted by molar-refractivity contribution is 6.01. The van der Waals surface area contributed by atoms with Crippen LogP contribution in [0.3, 0.4) is 0 Å². The third-order valence-electron chi connectivity index (χ3n) is 8.17. The van der Waals surface area contributed by atoms with Gasteiger partial charge in [0.1, 0.15) is 0 Å². The highest BCUT2D eigenvalue weighted by Crippen LogP contribution is 2.26. The van der Waals surface area contributed by atoms with E-state index < -0.39 is 0 Å². The van der Waals surface area contributed by atoms with Gasteiger partial charge >= 0.3 is 0 Å². The zero-order valence-corrected chi connectivity index (χ0v) is 24.7. The smallest absolute Gasteiger partial charge is 0.0730 e. The Hall–Kier alpha value is -6.07. The number of aromatic nitrogens is 4. The number of benzene rings is 3. The van der Waals surface area contributed by atoms with Crippen molar-refractivity contribution < 1.29 is 0 Å². The lowest BCUT2D eigenvalue weighted by molar-refractivity contribution is 1.22. The molecule has 45 heavy (non-hydrogen) atoms. The Morgan fingerprint density at radius 1 is 0.467 bits per heavy atom. The molecule has 1 aliphatic heterocycles. The van der Waals surface area contributed by atoms with Crippen molar-refractivity contribution >= 4 is 63.8 Å². The highest BCUT2D eigenvalue weighted by atomic mass is 14.8. The van der Waals surface area contributed by atoms with E-state index in [0.717, 1.165) is 71.8 Å². The average Bonchev–Trinajstić information content (AvgIpc) is 3.75. The molecule has 0 aliphatic carbocycles.